The topological polar surface area (TPSA) is 56.1 Å². The van der Waals surface area contributed by atoms with Gasteiger partial charge in [0.2, 0.25) is 0 Å². The SMILES string of the molecule is COc1cccc(-c2cc(C(=O)N[C@H](C)C(C)C)n(-c3ccccc3)n2)c1. The average molecular weight is 363 g/mol. The van der Waals surface area contributed by atoms with Crippen molar-refractivity contribution in [2.75, 3.05) is 7.11 Å². The predicted molar refractivity (Wildman–Crippen MR) is 107 cm³/mol. The fourth-order valence-corrected chi connectivity index (χ4v) is 2.68. The number of hydrogen-bond acceptors (Lipinski definition) is 3. The average Bonchev–Trinajstić information content (AvgIpc) is 3.14. The zero-order valence-corrected chi connectivity index (χ0v) is 16.1. The van der Waals surface area contributed by atoms with E-state index in [2.05, 4.69) is 19.2 Å². The van der Waals surface area contributed by atoms with Crippen molar-refractivity contribution in [3.63, 3.8) is 0 Å². The fraction of sp³-hybridized carbons (Fsp3) is 0.273. The number of nitrogens with zero attached hydrogens (tertiary/aromatic N) is 2. The van der Waals surface area contributed by atoms with E-state index in [1.165, 1.54) is 0 Å². The number of carbonyl (C=O) groups is 1. The molecular formula is C22H25N3O2. The first-order valence-electron chi connectivity index (χ1n) is 9.10. The molecule has 3 rings (SSSR count). The Morgan fingerprint density at radius 1 is 1.04 bits per heavy atom. The molecule has 0 aliphatic carbocycles. The van der Waals surface area contributed by atoms with E-state index < -0.39 is 0 Å². The molecule has 1 atom stereocenters. The molecule has 27 heavy (non-hydrogen) atoms. The van der Waals surface area contributed by atoms with Gasteiger partial charge < -0.3 is 10.1 Å². The molecule has 3 aromatic rings. The molecule has 0 aliphatic heterocycles. The van der Waals surface area contributed by atoms with Gasteiger partial charge in [-0.05, 0) is 43.2 Å². The predicted octanol–water partition coefficient (Wildman–Crippen LogP) is 4.32. The van der Waals surface area contributed by atoms with Gasteiger partial charge in [-0.1, -0.05) is 44.2 Å². The molecule has 5 nitrogen and oxygen atoms in total. The molecular weight excluding hydrogens is 338 g/mol. The maximum atomic E-state index is 12.9. The summed E-state index contributed by atoms with van der Waals surface area (Å²) in [6.45, 7) is 6.18. The van der Waals surface area contributed by atoms with E-state index in [-0.39, 0.29) is 11.9 Å². The number of para-hydroxylation sites is 1. The van der Waals surface area contributed by atoms with Gasteiger partial charge >= 0.3 is 0 Å². The third kappa shape index (κ3) is 4.19. The van der Waals surface area contributed by atoms with Gasteiger partial charge in [-0.2, -0.15) is 5.10 Å². The highest BCUT2D eigenvalue weighted by atomic mass is 16.5. The highest BCUT2D eigenvalue weighted by Gasteiger charge is 2.20. The smallest absolute Gasteiger partial charge is 0.270 e. The van der Waals surface area contributed by atoms with Gasteiger partial charge in [-0.3, -0.25) is 4.79 Å². The Labute approximate surface area is 160 Å². The van der Waals surface area contributed by atoms with Crippen LogP contribution in [0.15, 0.2) is 60.7 Å². The number of amides is 1. The Morgan fingerprint density at radius 2 is 1.78 bits per heavy atom. The van der Waals surface area contributed by atoms with Crippen LogP contribution in [-0.2, 0) is 0 Å². The van der Waals surface area contributed by atoms with Crippen molar-refractivity contribution in [1.82, 2.24) is 15.1 Å². The minimum Gasteiger partial charge on any atom is -0.497 e. The van der Waals surface area contributed by atoms with Crippen LogP contribution in [0.4, 0.5) is 0 Å². The number of benzene rings is 2. The van der Waals surface area contributed by atoms with Gasteiger partial charge in [0.05, 0.1) is 18.5 Å². The van der Waals surface area contributed by atoms with Crippen molar-refractivity contribution in [3.8, 4) is 22.7 Å². The third-order valence-electron chi connectivity index (χ3n) is 4.67. The molecule has 0 bridgehead atoms. The van der Waals surface area contributed by atoms with Gasteiger partial charge in [0.15, 0.2) is 0 Å². The first kappa shape index (κ1) is 18.7. The molecule has 1 N–H and O–H groups in total. The second kappa shape index (κ2) is 8.08. The van der Waals surface area contributed by atoms with Crippen LogP contribution in [-0.4, -0.2) is 28.8 Å². The molecule has 0 saturated carbocycles. The first-order valence-corrected chi connectivity index (χ1v) is 9.10. The maximum absolute atomic E-state index is 12.9. The monoisotopic (exact) mass is 363 g/mol. The molecule has 140 valence electrons. The number of hydrogen-bond donors (Lipinski definition) is 1. The third-order valence-corrected chi connectivity index (χ3v) is 4.67. The van der Waals surface area contributed by atoms with Crippen LogP contribution >= 0.6 is 0 Å². The van der Waals surface area contributed by atoms with Crippen LogP contribution < -0.4 is 10.1 Å². The molecule has 0 unspecified atom stereocenters. The molecule has 0 radical (unpaired) electrons. The summed E-state index contributed by atoms with van der Waals surface area (Å²) in [5, 5.41) is 7.77. The van der Waals surface area contributed by atoms with E-state index in [4.69, 9.17) is 9.84 Å². The zero-order chi connectivity index (χ0) is 19.4. The van der Waals surface area contributed by atoms with E-state index >= 15 is 0 Å². The summed E-state index contributed by atoms with van der Waals surface area (Å²) in [5.41, 5.74) is 2.97. The van der Waals surface area contributed by atoms with Gasteiger partial charge in [0.25, 0.3) is 5.91 Å². The number of methoxy groups -OCH3 is 1. The van der Waals surface area contributed by atoms with Crippen LogP contribution in [0.2, 0.25) is 0 Å². The quantitative estimate of drug-likeness (QED) is 0.709. The van der Waals surface area contributed by atoms with Crippen molar-refractivity contribution in [2.24, 2.45) is 5.92 Å². The summed E-state index contributed by atoms with van der Waals surface area (Å²) >= 11 is 0. The largest absolute Gasteiger partial charge is 0.497 e. The van der Waals surface area contributed by atoms with E-state index in [1.807, 2.05) is 67.6 Å². The normalized spacial score (nSPS) is 12.0. The van der Waals surface area contributed by atoms with Crippen LogP contribution in [0.3, 0.4) is 0 Å². The Kier molecular flexibility index (Phi) is 5.60. The van der Waals surface area contributed by atoms with Crippen molar-refractivity contribution >= 4 is 5.91 Å². The van der Waals surface area contributed by atoms with E-state index in [0.29, 0.717) is 11.6 Å². The number of nitrogens with one attached hydrogen (secondary N) is 1. The number of carbonyl (C=O) groups excluding carboxylic acids is 1. The lowest BCUT2D eigenvalue weighted by Crippen LogP contribution is -2.37. The van der Waals surface area contributed by atoms with Gasteiger partial charge in [-0.25, -0.2) is 4.68 Å². The molecule has 0 spiro atoms. The molecule has 1 heterocycles. The second-order valence-corrected chi connectivity index (χ2v) is 6.90. The standard InChI is InChI=1S/C22H25N3O2/c1-15(2)16(3)23-22(26)21-14-20(17-9-8-12-19(13-17)27-4)24-25(21)18-10-6-5-7-11-18/h5-16H,1-4H3,(H,23,26)/t16-/m1/s1. The molecule has 0 fully saturated rings. The van der Waals surface area contributed by atoms with Gasteiger partial charge in [-0.15, -0.1) is 0 Å². The lowest BCUT2D eigenvalue weighted by Gasteiger charge is -2.17. The van der Waals surface area contributed by atoms with Crippen molar-refractivity contribution in [3.05, 3.63) is 66.4 Å². The van der Waals surface area contributed by atoms with Crippen LogP contribution in [0.1, 0.15) is 31.3 Å². The Hall–Kier alpha value is -3.08. The van der Waals surface area contributed by atoms with Crippen LogP contribution in [0.5, 0.6) is 5.75 Å². The fourth-order valence-electron chi connectivity index (χ4n) is 2.68. The Bertz CT molecular complexity index is 916. The summed E-state index contributed by atoms with van der Waals surface area (Å²) in [6, 6.07) is 19.2. The lowest BCUT2D eigenvalue weighted by molar-refractivity contribution is 0.0922. The molecule has 5 heteroatoms. The highest BCUT2D eigenvalue weighted by Crippen LogP contribution is 2.25. The summed E-state index contributed by atoms with van der Waals surface area (Å²) in [5.74, 6) is 0.961. The molecule has 0 saturated heterocycles. The van der Waals surface area contributed by atoms with Crippen molar-refractivity contribution < 1.29 is 9.53 Å². The number of rotatable bonds is 6. The minimum atomic E-state index is -0.137. The van der Waals surface area contributed by atoms with E-state index in [1.54, 1.807) is 11.8 Å². The summed E-state index contributed by atoms with van der Waals surface area (Å²) in [4.78, 5) is 12.9. The first-order chi connectivity index (χ1) is 13.0. The zero-order valence-electron chi connectivity index (χ0n) is 16.1. The molecule has 0 aliphatic rings. The number of ether oxygens (including phenoxy) is 1. The second-order valence-electron chi connectivity index (χ2n) is 6.90. The van der Waals surface area contributed by atoms with Gasteiger partial charge in [0.1, 0.15) is 11.4 Å². The number of aromatic nitrogens is 2. The van der Waals surface area contributed by atoms with E-state index in [9.17, 15) is 4.79 Å². The van der Waals surface area contributed by atoms with Crippen LogP contribution in [0.25, 0.3) is 16.9 Å². The Morgan fingerprint density at radius 3 is 2.44 bits per heavy atom. The molecule has 1 aromatic heterocycles. The molecule has 1 amide bonds. The van der Waals surface area contributed by atoms with Crippen LogP contribution in [0, 0.1) is 5.92 Å². The van der Waals surface area contributed by atoms with Crippen molar-refractivity contribution in [1.29, 1.82) is 0 Å². The summed E-state index contributed by atoms with van der Waals surface area (Å²) in [6.07, 6.45) is 0. The van der Waals surface area contributed by atoms with Gasteiger partial charge in [0, 0.05) is 11.6 Å². The van der Waals surface area contributed by atoms with Crippen molar-refractivity contribution in [2.45, 2.75) is 26.8 Å². The summed E-state index contributed by atoms with van der Waals surface area (Å²) in [7, 11) is 1.63. The summed E-state index contributed by atoms with van der Waals surface area (Å²) < 4.78 is 7.00. The highest BCUT2D eigenvalue weighted by molar-refractivity contribution is 5.94. The Balaban J connectivity index is 2.05. The van der Waals surface area contributed by atoms with E-state index in [0.717, 1.165) is 22.7 Å². The molecule has 2 aromatic carbocycles. The lowest BCUT2D eigenvalue weighted by atomic mass is 10.1. The minimum absolute atomic E-state index is 0.0666. The maximum Gasteiger partial charge on any atom is 0.270 e.